The summed E-state index contributed by atoms with van der Waals surface area (Å²) in [6, 6.07) is -0.0191. The molecule has 0 unspecified atom stereocenters. The molecule has 0 aliphatic carbocycles. The van der Waals surface area contributed by atoms with Crippen LogP contribution in [0.5, 0.6) is 5.88 Å². The molecule has 0 saturated heterocycles. The van der Waals surface area contributed by atoms with E-state index < -0.39 is 25.1 Å². The molecule has 1 amide bonds. The Morgan fingerprint density at radius 1 is 1.60 bits per heavy atom. The van der Waals surface area contributed by atoms with Crippen molar-refractivity contribution in [3.8, 4) is 5.88 Å². The molecule has 20 heavy (non-hydrogen) atoms. The summed E-state index contributed by atoms with van der Waals surface area (Å²) in [6.45, 7) is 6.41. The highest BCUT2D eigenvalue weighted by atomic mass is 19.4. The molecule has 0 fully saturated rings. The van der Waals surface area contributed by atoms with Gasteiger partial charge < -0.3 is 10.1 Å². The van der Waals surface area contributed by atoms with Gasteiger partial charge in [0.2, 0.25) is 5.91 Å². The Morgan fingerprint density at radius 3 is 2.75 bits per heavy atom. The maximum absolute atomic E-state index is 12.1. The van der Waals surface area contributed by atoms with Gasteiger partial charge in [0, 0.05) is 6.04 Å². The van der Waals surface area contributed by atoms with E-state index in [-0.39, 0.29) is 17.6 Å². The lowest BCUT2D eigenvalue weighted by Gasteiger charge is -2.08. The van der Waals surface area contributed by atoms with E-state index in [1.807, 2.05) is 13.8 Å². The average Bonchev–Trinajstić information content (AvgIpc) is 2.71. The fourth-order valence-electron chi connectivity index (χ4n) is 1.28. The van der Waals surface area contributed by atoms with Gasteiger partial charge >= 0.3 is 6.18 Å². The van der Waals surface area contributed by atoms with Crippen molar-refractivity contribution in [2.24, 2.45) is 0 Å². The van der Waals surface area contributed by atoms with E-state index in [4.69, 9.17) is 4.74 Å². The maximum Gasteiger partial charge on any atom is 0.392 e. The molecule has 8 heteroatoms. The number of anilines is 1. The zero-order valence-corrected chi connectivity index (χ0v) is 11.2. The van der Waals surface area contributed by atoms with Gasteiger partial charge in [-0.05, 0) is 19.9 Å². The Morgan fingerprint density at radius 2 is 2.25 bits per heavy atom. The van der Waals surface area contributed by atoms with Crippen molar-refractivity contribution >= 4 is 11.6 Å². The Hall–Kier alpha value is -1.99. The number of amides is 1. The molecule has 0 radical (unpaired) electrons. The number of halogens is 3. The quantitative estimate of drug-likeness (QED) is 0.820. The molecular weight excluding hydrogens is 275 g/mol. The number of ether oxygens (including phenoxy) is 1. The molecule has 0 saturated carbocycles. The first-order chi connectivity index (χ1) is 9.23. The van der Waals surface area contributed by atoms with Gasteiger partial charge in [-0.2, -0.15) is 13.2 Å². The van der Waals surface area contributed by atoms with Gasteiger partial charge in [0.05, 0.1) is 19.2 Å². The van der Waals surface area contributed by atoms with Crippen molar-refractivity contribution in [3.05, 3.63) is 18.9 Å². The van der Waals surface area contributed by atoms with E-state index in [0.717, 1.165) is 6.08 Å². The van der Waals surface area contributed by atoms with E-state index >= 15 is 0 Å². The Bertz CT molecular complexity index is 481. The van der Waals surface area contributed by atoms with E-state index in [2.05, 4.69) is 17.0 Å². The summed E-state index contributed by atoms with van der Waals surface area (Å²) in [5.74, 6) is -0.535. The zero-order valence-electron chi connectivity index (χ0n) is 11.2. The molecule has 0 aliphatic heterocycles. The molecule has 1 rings (SSSR count). The monoisotopic (exact) mass is 291 g/mol. The van der Waals surface area contributed by atoms with Crippen LogP contribution in [0.2, 0.25) is 0 Å². The summed E-state index contributed by atoms with van der Waals surface area (Å²) >= 11 is 0. The molecule has 112 valence electrons. The molecule has 1 aromatic rings. The molecule has 0 bridgehead atoms. The zero-order chi connectivity index (χ0) is 15.3. The summed E-state index contributed by atoms with van der Waals surface area (Å²) in [5, 5.41) is 6.43. The molecule has 0 aromatic carbocycles. The number of nitrogens with one attached hydrogen (secondary N) is 1. The summed E-state index contributed by atoms with van der Waals surface area (Å²) in [4.78, 5) is 11.2. The molecule has 5 nitrogen and oxygen atoms in total. The second kappa shape index (κ2) is 6.44. The van der Waals surface area contributed by atoms with Crippen molar-refractivity contribution < 1.29 is 22.7 Å². The van der Waals surface area contributed by atoms with Gasteiger partial charge in [0.25, 0.3) is 5.88 Å². The van der Waals surface area contributed by atoms with Crippen LogP contribution in [0.25, 0.3) is 0 Å². The Labute approximate surface area is 114 Å². The van der Waals surface area contributed by atoms with Crippen LogP contribution in [0.1, 0.15) is 26.3 Å². The van der Waals surface area contributed by atoms with Gasteiger partial charge in [-0.1, -0.05) is 6.58 Å². The minimum Gasteiger partial charge on any atom is -0.475 e. The third kappa shape index (κ3) is 4.94. The highest BCUT2D eigenvalue weighted by Gasteiger charge is 2.27. The summed E-state index contributed by atoms with van der Waals surface area (Å²) in [5.41, 5.74) is 0.214. The van der Waals surface area contributed by atoms with Gasteiger partial charge in [-0.25, -0.2) is 0 Å². The highest BCUT2D eigenvalue weighted by Crippen LogP contribution is 2.26. The van der Waals surface area contributed by atoms with Crippen molar-refractivity contribution in [2.75, 3.05) is 11.9 Å². The summed E-state index contributed by atoms with van der Waals surface area (Å²) in [7, 11) is 0. The lowest BCUT2D eigenvalue weighted by molar-refractivity contribution is -0.139. The Kier molecular flexibility index (Phi) is 5.18. The third-order valence-corrected chi connectivity index (χ3v) is 2.29. The average molecular weight is 291 g/mol. The second-order valence-corrected chi connectivity index (χ2v) is 4.33. The number of carbonyl (C=O) groups excluding carboxylic acids is 1. The number of carbonyl (C=O) groups is 1. The topological polar surface area (TPSA) is 56.2 Å². The van der Waals surface area contributed by atoms with Gasteiger partial charge in [-0.3, -0.25) is 9.48 Å². The highest BCUT2D eigenvalue weighted by molar-refractivity contribution is 5.99. The molecule has 1 heterocycles. The largest absolute Gasteiger partial charge is 0.475 e. The SMILES string of the molecule is C=CC(=O)Nc1cn(C(C)C)nc1OCCC(F)(F)F. The number of hydrogen-bond donors (Lipinski definition) is 1. The standard InChI is InChI=1S/C12H16F3N3O2/c1-4-10(19)16-9-7-18(8(2)3)17-11(9)20-6-5-12(13,14)15/h4,7-8H,1,5-6H2,2-3H3,(H,16,19). The number of alkyl halides is 3. The predicted octanol–water partition coefficient (Wildman–Crippen LogP) is 2.92. The molecular formula is C12H16F3N3O2. The number of nitrogens with zero attached hydrogens (tertiary/aromatic N) is 2. The van der Waals surface area contributed by atoms with Gasteiger partial charge in [0.15, 0.2) is 0 Å². The van der Waals surface area contributed by atoms with Crippen LogP contribution in [-0.4, -0.2) is 28.5 Å². The first-order valence-corrected chi connectivity index (χ1v) is 5.95. The summed E-state index contributed by atoms with van der Waals surface area (Å²) in [6.07, 6.45) is -2.84. The molecule has 0 aliphatic rings. The van der Waals surface area contributed by atoms with E-state index in [0.29, 0.717) is 0 Å². The van der Waals surface area contributed by atoms with E-state index in [1.165, 1.54) is 10.9 Å². The van der Waals surface area contributed by atoms with Crippen LogP contribution in [0, 0.1) is 0 Å². The van der Waals surface area contributed by atoms with Crippen molar-refractivity contribution in [1.29, 1.82) is 0 Å². The lowest BCUT2D eigenvalue weighted by Crippen LogP contribution is -2.14. The molecule has 0 spiro atoms. The molecule has 1 N–H and O–H groups in total. The second-order valence-electron chi connectivity index (χ2n) is 4.33. The van der Waals surface area contributed by atoms with Crippen LogP contribution in [0.15, 0.2) is 18.9 Å². The fraction of sp³-hybridized carbons (Fsp3) is 0.500. The fourth-order valence-corrected chi connectivity index (χ4v) is 1.28. The van der Waals surface area contributed by atoms with E-state index in [1.54, 1.807) is 0 Å². The van der Waals surface area contributed by atoms with Crippen LogP contribution in [-0.2, 0) is 4.79 Å². The molecule has 0 atom stereocenters. The number of rotatable bonds is 6. The smallest absolute Gasteiger partial charge is 0.392 e. The minimum absolute atomic E-state index is 0.0191. The van der Waals surface area contributed by atoms with Crippen molar-refractivity contribution in [3.63, 3.8) is 0 Å². The first-order valence-electron chi connectivity index (χ1n) is 5.95. The predicted molar refractivity (Wildman–Crippen MR) is 67.6 cm³/mol. The molecule has 1 aromatic heterocycles. The van der Waals surface area contributed by atoms with Crippen LogP contribution in [0.3, 0.4) is 0 Å². The lowest BCUT2D eigenvalue weighted by atomic mass is 10.4. The van der Waals surface area contributed by atoms with Crippen LogP contribution >= 0.6 is 0 Å². The Balaban J connectivity index is 2.80. The number of hydrogen-bond acceptors (Lipinski definition) is 3. The normalized spacial score (nSPS) is 11.5. The van der Waals surface area contributed by atoms with Crippen LogP contribution in [0.4, 0.5) is 18.9 Å². The minimum atomic E-state index is -4.30. The van der Waals surface area contributed by atoms with Crippen molar-refractivity contribution in [1.82, 2.24) is 9.78 Å². The van der Waals surface area contributed by atoms with Crippen LogP contribution < -0.4 is 10.1 Å². The van der Waals surface area contributed by atoms with Crippen molar-refractivity contribution in [2.45, 2.75) is 32.5 Å². The summed E-state index contributed by atoms with van der Waals surface area (Å²) < 4.78 is 42.7. The number of aromatic nitrogens is 2. The third-order valence-electron chi connectivity index (χ3n) is 2.29. The van der Waals surface area contributed by atoms with Gasteiger partial charge in [-0.15, -0.1) is 5.10 Å². The van der Waals surface area contributed by atoms with E-state index in [9.17, 15) is 18.0 Å². The maximum atomic E-state index is 12.1. The first kappa shape index (κ1) is 16.1. The van der Waals surface area contributed by atoms with Gasteiger partial charge in [0.1, 0.15) is 5.69 Å².